The molecule has 0 fully saturated rings. The van der Waals surface area contributed by atoms with E-state index < -0.39 is 17.1 Å². The summed E-state index contributed by atoms with van der Waals surface area (Å²) in [7, 11) is -9.15. The first kappa shape index (κ1) is 15.4. The van der Waals surface area contributed by atoms with Crippen LogP contribution in [0.25, 0.3) is 4.98 Å². The average molecular weight is 270 g/mol. The lowest BCUT2D eigenvalue weighted by atomic mass is 10.3. The Kier molecular flexibility index (Phi) is 5.09. The predicted octanol–water partition coefficient (Wildman–Crippen LogP) is 2.87. The van der Waals surface area contributed by atoms with Gasteiger partial charge in [-0.1, -0.05) is 0 Å². The summed E-state index contributed by atoms with van der Waals surface area (Å²) in [5.41, 5.74) is 0.336. The van der Waals surface area contributed by atoms with Crippen LogP contribution in [0.1, 0.15) is 0 Å². The number of halogens is 4. The van der Waals surface area contributed by atoms with Crippen LogP contribution in [0.2, 0.25) is 0 Å². The van der Waals surface area contributed by atoms with Gasteiger partial charge in [0.25, 0.3) is 0 Å². The smallest absolute Gasteiger partial charge is 0.418 e. The molecule has 0 aliphatic heterocycles. The van der Waals surface area contributed by atoms with E-state index in [0.29, 0.717) is 5.69 Å². The van der Waals surface area contributed by atoms with Gasteiger partial charge < -0.3 is 17.3 Å². The molecule has 1 aromatic rings. The number of diazo groups is 1. The number of hydrogen-bond donors (Lipinski definition) is 0. The fraction of sp³-hybridized carbons (Fsp3) is 0.143. The molecular formula is C7H7BF4N2O2S. The highest BCUT2D eigenvalue weighted by atomic mass is 32.2. The molecule has 0 saturated carbocycles. The van der Waals surface area contributed by atoms with Crippen molar-refractivity contribution in [2.75, 3.05) is 6.26 Å². The van der Waals surface area contributed by atoms with Crippen molar-refractivity contribution in [3.05, 3.63) is 29.2 Å². The largest absolute Gasteiger partial charge is 0.673 e. The zero-order chi connectivity index (χ0) is 13.7. The van der Waals surface area contributed by atoms with Gasteiger partial charge in [0.1, 0.15) is 0 Å². The van der Waals surface area contributed by atoms with E-state index in [9.17, 15) is 25.7 Å². The van der Waals surface area contributed by atoms with Crippen LogP contribution in [0.3, 0.4) is 0 Å². The van der Waals surface area contributed by atoms with Crippen LogP contribution >= 0.6 is 0 Å². The van der Waals surface area contributed by atoms with Gasteiger partial charge in [-0.15, -0.1) is 0 Å². The van der Waals surface area contributed by atoms with Crippen LogP contribution in [0, 0.1) is 5.39 Å². The molecule has 0 spiro atoms. The number of nitrogens with zero attached hydrogens (tertiary/aromatic N) is 2. The molecule has 0 bridgehead atoms. The molecule has 0 unspecified atom stereocenters. The number of sulfone groups is 1. The zero-order valence-corrected chi connectivity index (χ0v) is 9.33. The van der Waals surface area contributed by atoms with Gasteiger partial charge in [0.05, 0.1) is 4.90 Å². The Hall–Kier alpha value is -1.63. The second-order valence-electron chi connectivity index (χ2n) is 2.86. The highest BCUT2D eigenvalue weighted by Crippen LogP contribution is 2.15. The second kappa shape index (κ2) is 5.63. The third kappa shape index (κ3) is 8.21. The summed E-state index contributed by atoms with van der Waals surface area (Å²) in [6.45, 7) is 0. The maximum Gasteiger partial charge on any atom is 0.673 e. The summed E-state index contributed by atoms with van der Waals surface area (Å²) in [5, 5.41) is 8.31. The monoisotopic (exact) mass is 270 g/mol. The van der Waals surface area contributed by atoms with Gasteiger partial charge in [-0.3, -0.25) is 0 Å². The van der Waals surface area contributed by atoms with E-state index in [4.69, 9.17) is 5.39 Å². The van der Waals surface area contributed by atoms with Gasteiger partial charge in [0.15, 0.2) is 14.8 Å². The molecule has 1 rings (SSSR count). The molecule has 4 nitrogen and oxygen atoms in total. The fourth-order valence-electron chi connectivity index (χ4n) is 0.760. The molecule has 0 heterocycles. The van der Waals surface area contributed by atoms with Crippen molar-refractivity contribution in [3.8, 4) is 0 Å². The molecular weight excluding hydrogens is 263 g/mol. The van der Waals surface area contributed by atoms with Crippen LogP contribution < -0.4 is 0 Å². The summed E-state index contributed by atoms with van der Waals surface area (Å²) < 4.78 is 60.9. The van der Waals surface area contributed by atoms with E-state index in [1.54, 1.807) is 0 Å². The van der Waals surface area contributed by atoms with E-state index in [1.165, 1.54) is 24.3 Å². The maximum absolute atomic E-state index is 10.9. The first-order chi connectivity index (χ1) is 7.54. The molecule has 0 aromatic heterocycles. The van der Waals surface area contributed by atoms with E-state index >= 15 is 0 Å². The van der Waals surface area contributed by atoms with Crippen LogP contribution in [-0.2, 0) is 9.84 Å². The fourth-order valence-corrected chi connectivity index (χ4v) is 1.39. The van der Waals surface area contributed by atoms with Crippen molar-refractivity contribution in [3.63, 3.8) is 0 Å². The van der Waals surface area contributed by atoms with Gasteiger partial charge in [0, 0.05) is 18.4 Å². The van der Waals surface area contributed by atoms with Gasteiger partial charge >= 0.3 is 12.9 Å². The third-order valence-corrected chi connectivity index (χ3v) is 2.51. The van der Waals surface area contributed by atoms with E-state index in [2.05, 4.69) is 4.98 Å². The summed E-state index contributed by atoms with van der Waals surface area (Å²) in [5.74, 6) is 0. The van der Waals surface area contributed by atoms with Crippen molar-refractivity contribution in [1.82, 2.24) is 0 Å². The van der Waals surface area contributed by atoms with Crippen LogP contribution in [0.5, 0.6) is 0 Å². The van der Waals surface area contributed by atoms with Crippen molar-refractivity contribution >= 4 is 22.8 Å². The van der Waals surface area contributed by atoms with E-state index in [1.807, 2.05) is 0 Å². The Balaban J connectivity index is 0.000000437. The van der Waals surface area contributed by atoms with Crippen molar-refractivity contribution in [2.24, 2.45) is 0 Å². The van der Waals surface area contributed by atoms with Crippen LogP contribution in [0.15, 0.2) is 29.2 Å². The van der Waals surface area contributed by atoms with Crippen molar-refractivity contribution < 1.29 is 25.7 Å². The van der Waals surface area contributed by atoms with E-state index in [-0.39, 0.29) is 4.90 Å². The third-order valence-electron chi connectivity index (χ3n) is 1.38. The van der Waals surface area contributed by atoms with E-state index in [0.717, 1.165) is 6.26 Å². The number of hydrogen-bond acceptors (Lipinski definition) is 3. The number of rotatable bonds is 1. The normalized spacial score (nSPS) is 11.1. The summed E-state index contributed by atoms with van der Waals surface area (Å²) in [6.07, 6.45) is 1.12. The van der Waals surface area contributed by atoms with Crippen LogP contribution in [0.4, 0.5) is 23.0 Å². The molecule has 10 heteroatoms. The van der Waals surface area contributed by atoms with Crippen molar-refractivity contribution in [2.45, 2.75) is 4.90 Å². The Labute approximate surface area is 94.9 Å². The second-order valence-corrected chi connectivity index (χ2v) is 4.88. The quantitative estimate of drug-likeness (QED) is 0.447. The lowest BCUT2D eigenvalue weighted by Crippen LogP contribution is -2.02. The lowest BCUT2D eigenvalue weighted by molar-refractivity contribution is 0.368. The first-order valence-corrected chi connectivity index (χ1v) is 5.95. The highest BCUT2D eigenvalue weighted by Gasteiger charge is 2.20. The Bertz CT molecular complexity index is 500. The minimum Gasteiger partial charge on any atom is -0.418 e. The molecule has 1 aromatic carbocycles. The van der Waals surface area contributed by atoms with Crippen molar-refractivity contribution in [1.29, 1.82) is 5.39 Å². The van der Waals surface area contributed by atoms with Gasteiger partial charge in [-0.25, -0.2) is 8.42 Å². The molecule has 0 saturated heterocycles. The molecule has 17 heavy (non-hydrogen) atoms. The molecule has 0 atom stereocenters. The van der Waals surface area contributed by atoms with Gasteiger partial charge in [0.2, 0.25) is 5.39 Å². The lowest BCUT2D eigenvalue weighted by Gasteiger charge is -1.94. The summed E-state index contributed by atoms with van der Waals surface area (Å²) in [4.78, 5) is 3.12. The topological polar surface area (TPSA) is 62.3 Å². The zero-order valence-electron chi connectivity index (χ0n) is 8.52. The minimum atomic E-state index is -6.00. The molecule has 94 valence electrons. The molecule has 0 radical (unpaired) electrons. The molecule has 0 aliphatic rings. The SMILES string of the molecule is CS(=O)(=O)c1ccc([N+]#N)cc1.F[B-](F)(F)F. The Morgan fingerprint density at radius 1 is 1.12 bits per heavy atom. The predicted molar refractivity (Wildman–Crippen MR) is 54.5 cm³/mol. The Morgan fingerprint density at radius 2 is 1.47 bits per heavy atom. The molecule has 0 amide bonds. The summed E-state index contributed by atoms with van der Waals surface area (Å²) >= 11 is 0. The first-order valence-electron chi connectivity index (χ1n) is 4.06. The number of benzene rings is 1. The molecule has 0 aliphatic carbocycles. The van der Waals surface area contributed by atoms with Gasteiger partial charge in [-0.2, -0.15) is 0 Å². The Morgan fingerprint density at radius 3 is 1.71 bits per heavy atom. The maximum atomic E-state index is 10.9. The minimum absolute atomic E-state index is 0.218. The average Bonchev–Trinajstić information content (AvgIpc) is 2.14. The summed E-state index contributed by atoms with van der Waals surface area (Å²) in [6, 6.07) is 5.64. The van der Waals surface area contributed by atoms with Crippen LogP contribution in [-0.4, -0.2) is 21.9 Å². The highest BCUT2D eigenvalue weighted by molar-refractivity contribution is 7.90. The molecule has 0 N–H and O–H groups in total. The standard InChI is InChI=1S/C7H7N2O2S.BF4/c1-12(10,11)7-4-2-6(9-8)3-5-7;2-1(3,4)5/h2-5H,1H3;/q+1;-1. The van der Waals surface area contributed by atoms with Gasteiger partial charge in [-0.05, 0) is 12.1 Å².